The van der Waals surface area contributed by atoms with Crippen molar-refractivity contribution in [3.63, 3.8) is 0 Å². The molecule has 2 atom stereocenters. The third-order valence-corrected chi connectivity index (χ3v) is 6.00. The molecule has 3 N–H and O–H groups in total. The van der Waals surface area contributed by atoms with E-state index < -0.39 is 23.9 Å². The van der Waals surface area contributed by atoms with Gasteiger partial charge in [0, 0.05) is 30.1 Å². The number of pyridine rings is 1. The number of amides is 1. The maximum atomic E-state index is 12.9. The van der Waals surface area contributed by atoms with Crippen LogP contribution in [0.5, 0.6) is 11.5 Å². The van der Waals surface area contributed by atoms with Gasteiger partial charge in [0.2, 0.25) is 0 Å². The van der Waals surface area contributed by atoms with Crippen LogP contribution in [0, 0.1) is 0 Å². The number of aromatic nitrogens is 1. The number of phenolic OH excluding ortho intramolecular Hbond substituents is 1. The van der Waals surface area contributed by atoms with Crippen molar-refractivity contribution in [1.29, 1.82) is 0 Å². The summed E-state index contributed by atoms with van der Waals surface area (Å²) >= 11 is 0. The van der Waals surface area contributed by atoms with Crippen LogP contribution in [-0.2, 0) is 4.74 Å². The van der Waals surface area contributed by atoms with Crippen LogP contribution in [0.4, 0.5) is 0 Å². The van der Waals surface area contributed by atoms with E-state index in [-0.39, 0.29) is 35.2 Å². The van der Waals surface area contributed by atoms with Gasteiger partial charge in [0.05, 0.1) is 24.3 Å². The molecule has 194 valence electrons. The quantitative estimate of drug-likeness (QED) is 0.317. The van der Waals surface area contributed by atoms with Crippen molar-refractivity contribution in [2.75, 3.05) is 20.2 Å². The number of esters is 1. The van der Waals surface area contributed by atoms with Crippen LogP contribution in [0.25, 0.3) is 0 Å². The lowest BCUT2D eigenvalue weighted by atomic mass is 10.0. The fraction of sp³-hybridized carbons (Fsp3) is 0.259. The number of phenols is 1. The number of hydrogen-bond donors (Lipinski definition) is 3. The van der Waals surface area contributed by atoms with Crippen LogP contribution in [0.1, 0.15) is 49.5 Å². The van der Waals surface area contributed by atoms with E-state index in [4.69, 9.17) is 9.47 Å². The molecule has 0 spiro atoms. The molecule has 1 aromatic heterocycles. The standard InChI is InChI=1S/C27H27N3O6.ClH/c1-35-20-8-9-23(31)21(15-20)25(32)17-4-6-19(7-5-17)27(34)36-24-3-2-12-29-16-22(24)30-26(33)18-10-13-28-14-11-18;/h4-11,13-15,22,24,29,31H,2-3,12,16H2,1H3,(H,30,33);1H/t22-,24-;/m1./s1. The fourth-order valence-electron chi connectivity index (χ4n) is 4.00. The second kappa shape index (κ2) is 12.8. The number of nitrogens with zero attached hydrogens (tertiary/aromatic N) is 1. The number of carbonyl (C=O) groups excluding carboxylic acids is 3. The topological polar surface area (TPSA) is 127 Å². The first-order valence-corrected chi connectivity index (χ1v) is 11.6. The summed E-state index contributed by atoms with van der Waals surface area (Å²) in [6.07, 6.45) is 3.94. The molecule has 37 heavy (non-hydrogen) atoms. The molecular weight excluding hydrogens is 498 g/mol. The number of aromatic hydroxyl groups is 1. The van der Waals surface area contributed by atoms with E-state index in [1.54, 1.807) is 30.6 Å². The third-order valence-electron chi connectivity index (χ3n) is 6.00. The van der Waals surface area contributed by atoms with Gasteiger partial charge in [-0.3, -0.25) is 14.6 Å². The van der Waals surface area contributed by atoms with Crippen molar-refractivity contribution in [3.8, 4) is 11.5 Å². The Labute approximate surface area is 220 Å². The van der Waals surface area contributed by atoms with Gasteiger partial charge in [-0.05, 0) is 61.9 Å². The zero-order chi connectivity index (χ0) is 25.5. The van der Waals surface area contributed by atoms with E-state index in [2.05, 4.69) is 15.6 Å². The number of rotatable bonds is 7. The summed E-state index contributed by atoms with van der Waals surface area (Å²) in [7, 11) is 1.47. The molecule has 0 unspecified atom stereocenters. The molecule has 10 heteroatoms. The van der Waals surface area contributed by atoms with Crippen molar-refractivity contribution in [2.24, 2.45) is 0 Å². The average Bonchev–Trinajstić information content (AvgIpc) is 3.13. The second-order valence-corrected chi connectivity index (χ2v) is 8.40. The molecule has 0 aliphatic carbocycles. The summed E-state index contributed by atoms with van der Waals surface area (Å²) in [5, 5.41) is 16.3. The Balaban J connectivity index is 0.00000380. The maximum absolute atomic E-state index is 12.9. The molecule has 1 aliphatic heterocycles. The highest BCUT2D eigenvalue weighted by molar-refractivity contribution is 6.11. The van der Waals surface area contributed by atoms with Gasteiger partial charge in [-0.1, -0.05) is 12.1 Å². The molecule has 1 saturated heterocycles. The van der Waals surface area contributed by atoms with Crippen LogP contribution in [0.15, 0.2) is 67.0 Å². The number of methoxy groups -OCH3 is 1. The molecule has 9 nitrogen and oxygen atoms in total. The van der Waals surface area contributed by atoms with Gasteiger partial charge in [-0.15, -0.1) is 12.4 Å². The molecule has 2 aromatic carbocycles. The lowest BCUT2D eigenvalue weighted by Gasteiger charge is -2.26. The minimum absolute atomic E-state index is 0. The van der Waals surface area contributed by atoms with E-state index in [0.29, 0.717) is 29.8 Å². The summed E-state index contributed by atoms with van der Waals surface area (Å²) in [5.41, 5.74) is 1.15. The van der Waals surface area contributed by atoms with Crippen molar-refractivity contribution in [2.45, 2.75) is 25.0 Å². The number of carbonyl (C=O) groups is 3. The van der Waals surface area contributed by atoms with E-state index in [1.807, 2.05) is 0 Å². The van der Waals surface area contributed by atoms with E-state index >= 15 is 0 Å². The van der Waals surface area contributed by atoms with E-state index in [9.17, 15) is 19.5 Å². The van der Waals surface area contributed by atoms with Crippen molar-refractivity contribution in [3.05, 3.63) is 89.2 Å². The Morgan fingerprint density at radius 1 is 1.00 bits per heavy atom. The highest BCUT2D eigenvalue weighted by atomic mass is 35.5. The minimum Gasteiger partial charge on any atom is -0.507 e. The highest BCUT2D eigenvalue weighted by Gasteiger charge is 2.29. The highest BCUT2D eigenvalue weighted by Crippen LogP contribution is 2.26. The van der Waals surface area contributed by atoms with Crippen LogP contribution < -0.4 is 15.4 Å². The summed E-state index contributed by atoms with van der Waals surface area (Å²) < 4.78 is 10.9. The lowest BCUT2D eigenvalue weighted by molar-refractivity contribution is 0.0192. The van der Waals surface area contributed by atoms with Crippen molar-refractivity contribution >= 4 is 30.1 Å². The normalized spacial score (nSPS) is 17.0. The molecule has 0 saturated carbocycles. The Morgan fingerprint density at radius 2 is 1.70 bits per heavy atom. The largest absolute Gasteiger partial charge is 0.507 e. The molecule has 2 heterocycles. The predicted octanol–water partition coefficient (Wildman–Crippen LogP) is 3.16. The van der Waals surface area contributed by atoms with Crippen LogP contribution >= 0.6 is 12.4 Å². The van der Waals surface area contributed by atoms with Crippen molar-refractivity contribution in [1.82, 2.24) is 15.6 Å². The number of benzene rings is 2. The molecule has 1 aliphatic rings. The van der Waals surface area contributed by atoms with Gasteiger partial charge in [0.25, 0.3) is 5.91 Å². The smallest absolute Gasteiger partial charge is 0.338 e. The molecule has 4 rings (SSSR count). The van der Waals surface area contributed by atoms with Gasteiger partial charge in [-0.25, -0.2) is 4.79 Å². The van der Waals surface area contributed by atoms with Gasteiger partial charge < -0.3 is 25.2 Å². The minimum atomic E-state index is -0.548. The summed E-state index contributed by atoms with van der Waals surface area (Å²) in [5.74, 6) is -0.935. The van der Waals surface area contributed by atoms with Crippen molar-refractivity contribution < 1.29 is 29.0 Å². The fourth-order valence-corrected chi connectivity index (χ4v) is 4.00. The Hall–Kier alpha value is -3.95. The predicted molar refractivity (Wildman–Crippen MR) is 139 cm³/mol. The van der Waals surface area contributed by atoms with E-state index in [1.165, 1.54) is 43.5 Å². The number of ether oxygens (including phenoxy) is 2. The van der Waals surface area contributed by atoms with Gasteiger partial charge >= 0.3 is 5.97 Å². The van der Waals surface area contributed by atoms with Gasteiger partial charge in [0.15, 0.2) is 5.78 Å². The first-order valence-electron chi connectivity index (χ1n) is 11.6. The first kappa shape index (κ1) is 27.6. The zero-order valence-electron chi connectivity index (χ0n) is 20.2. The summed E-state index contributed by atoms with van der Waals surface area (Å²) in [6, 6.07) is 13.3. The third kappa shape index (κ3) is 6.84. The van der Waals surface area contributed by atoms with Crippen LogP contribution in [-0.4, -0.2) is 60.1 Å². The van der Waals surface area contributed by atoms with E-state index in [0.717, 1.165) is 13.0 Å². The first-order chi connectivity index (χ1) is 17.5. The Bertz CT molecular complexity index is 1240. The molecular formula is C27H28ClN3O6. The molecule has 3 aromatic rings. The summed E-state index contributed by atoms with van der Waals surface area (Å²) in [6.45, 7) is 1.22. The number of ketones is 1. The Kier molecular flexibility index (Phi) is 9.59. The zero-order valence-corrected chi connectivity index (χ0v) is 21.0. The number of halogens is 1. The molecule has 0 radical (unpaired) electrons. The number of hydrogen-bond acceptors (Lipinski definition) is 8. The number of nitrogens with one attached hydrogen (secondary N) is 2. The SMILES string of the molecule is COc1ccc(O)c(C(=O)c2ccc(C(=O)O[C@@H]3CCCNC[C@H]3NC(=O)c3ccncc3)cc2)c1.Cl. The Morgan fingerprint density at radius 3 is 2.41 bits per heavy atom. The van der Waals surface area contributed by atoms with Crippen LogP contribution in [0.2, 0.25) is 0 Å². The van der Waals surface area contributed by atoms with Crippen LogP contribution in [0.3, 0.4) is 0 Å². The van der Waals surface area contributed by atoms with Gasteiger partial charge in [0.1, 0.15) is 17.6 Å². The summed E-state index contributed by atoms with van der Waals surface area (Å²) in [4.78, 5) is 42.3. The molecule has 0 bridgehead atoms. The van der Waals surface area contributed by atoms with Gasteiger partial charge in [-0.2, -0.15) is 0 Å². The lowest BCUT2D eigenvalue weighted by Crippen LogP contribution is -2.49. The second-order valence-electron chi connectivity index (χ2n) is 8.40. The maximum Gasteiger partial charge on any atom is 0.338 e. The molecule has 1 fully saturated rings. The monoisotopic (exact) mass is 525 g/mol. The molecule has 1 amide bonds. The average molecular weight is 526 g/mol.